The van der Waals surface area contributed by atoms with Gasteiger partial charge in [-0.2, -0.15) is 0 Å². The number of fused-ring (bicyclic) bond motifs is 1. The number of carbonyl (C=O) groups excluding carboxylic acids is 1. The van der Waals surface area contributed by atoms with Crippen LogP contribution in [0.3, 0.4) is 0 Å². The molecule has 0 N–H and O–H groups in total. The first kappa shape index (κ1) is 17.9. The lowest BCUT2D eigenvalue weighted by Gasteiger charge is -2.30. The van der Waals surface area contributed by atoms with E-state index in [1.54, 1.807) is 32.2 Å². The van der Waals surface area contributed by atoms with Gasteiger partial charge >= 0.3 is 5.97 Å². The summed E-state index contributed by atoms with van der Waals surface area (Å²) in [6.07, 6.45) is -1.33. The fourth-order valence-corrected chi connectivity index (χ4v) is 2.97. The highest BCUT2D eigenvalue weighted by Gasteiger charge is 2.35. The highest BCUT2D eigenvalue weighted by atomic mass is 16.6. The minimum Gasteiger partial charge on any atom is -0.496 e. The quantitative estimate of drug-likeness (QED) is 0.625. The Kier molecular flexibility index (Phi) is 4.89. The fourth-order valence-electron chi connectivity index (χ4n) is 2.97. The number of aromatic nitrogens is 1. The van der Waals surface area contributed by atoms with Crippen LogP contribution in [-0.2, 0) is 16.1 Å². The van der Waals surface area contributed by atoms with Crippen molar-refractivity contribution in [2.45, 2.75) is 25.7 Å². The molecular formula is C21H19NO6. The Hall–Kier alpha value is -3.48. The molecule has 7 heteroatoms. The van der Waals surface area contributed by atoms with Crippen LogP contribution in [0.4, 0.5) is 0 Å². The number of para-hydroxylation sites is 3. The van der Waals surface area contributed by atoms with Crippen LogP contribution in [0.2, 0.25) is 0 Å². The van der Waals surface area contributed by atoms with Crippen molar-refractivity contribution in [1.82, 2.24) is 5.16 Å². The summed E-state index contributed by atoms with van der Waals surface area (Å²) < 4.78 is 27.4. The highest BCUT2D eigenvalue weighted by molar-refractivity contribution is 5.76. The van der Waals surface area contributed by atoms with Crippen LogP contribution in [-0.4, -0.2) is 30.4 Å². The van der Waals surface area contributed by atoms with E-state index in [1.165, 1.54) is 0 Å². The molecule has 4 rings (SSSR count). The van der Waals surface area contributed by atoms with Crippen LogP contribution >= 0.6 is 0 Å². The average molecular weight is 381 g/mol. The molecule has 0 fully saturated rings. The van der Waals surface area contributed by atoms with Gasteiger partial charge in [0.05, 0.1) is 7.11 Å². The molecule has 2 aromatic carbocycles. The number of carbonyl (C=O) groups is 1. The number of benzene rings is 2. The molecule has 0 saturated heterocycles. The third-order valence-electron chi connectivity index (χ3n) is 4.37. The van der Waals surface area contributed by atoms with Crippen molar-refractivity contribution in [1.29, 1.82) is 0 Å². The third kappa shape index (κ3) is 3.51. The van der Waals surface area contributed by atoms with Crippen LogP contribution in [0.25, 0.3) is 11.3 Å². The van der Waals surface area contributed by atoms with E-state index in [2.05, 4.69) is 5.16 Å². The molecule has 0 aliphatic carbocycles. The maximum atomic E-state index is 12.5. The second kappa shape index (κ2) is 7.64. The summed E-state index contributed by atoms with van der Waals surface area (Å²) in [5.74, 6) is 1.69. The number of nitrogens with zero attached hydrogens (tertiary/aromatic N) is 1. The molecule has 2 atom stereocenters. The minimum atomic E-state index is -0.855. The van der Waals surface area contributed by atoms with Gasteiger partial charge in [0.1, 0.15) is 17.5 Å². The first-order valence-electron chi connectivity index (χ1n) is 8.83. The number of methoxy groups -OCH3 is 1. The number of rotatable bonds is 5. The Morgan fingerprint density at radius 1 is 1.07 bits per heavy atom. The van der Waals surface area contributed by atoms with Gasteiger partial charge in [0.2, 0.25) is 6.10 Å². The molecular weight excluding hydrogens is 362 g/mol. The zero-order valence-electron chi connectivity index (χ0n) is 15.5. The molecule has 1 aliphatic heterocycles. The lowest BCUT2D eigenvalue weighted by Crippen LogP contribution is -2.44. The molecule has 0 amide bonds. The van der Waals surface area contributed by atoms with Gasteiger partial charge in [0.25, 0.3) is 0 Å². The van der Waals surface area contributed by atoms with E-state index in [4.69, 9.17) is 23.5 Å². The first-order valence-corrected chi connectivity index (χ1v) is 8.83. The van der Waals surface area contributed by atoms with Gasteiger partial charge in [-0.15, -0.1) is 0 Å². The molecule has 28 heavy (non-hydrogen) atoms. The van der Waals surface area contributed by atoms with Crippen molar-refractivity contribution in [3.8, 4) is 28.5 Å². The summed E-state index contributed by atoms with van der Waals surface area (Å²) in [7, 11) is 1.59. The molecule has 0 spiro atoms. The topological polar surface area (TPSA) is 80.0 Å². The Bertz CT molecular complexity index is 982. The van der Waals surface area contributed by atoms with Gasteiger partial charge < -0.3 is 23.5 Å². The molecule has 2 heterocycles. The Balaban J connectivity index is 1.41. The van der Waals surface area contributed by atoms with Crippen molar-refractivity contribution < 1.29 is 28.3 Å². The van der Waals surface area contributed by atoms with Gasteiger partial charge in [-0.25, -0.2) is 4.79 Å². The second-order valence-electron chi connectivity index (χ2n) is 6.29. The van der Waals surface area contributed by atoms with E-state index < -0.39 is 18.2 Å². The molecule has 1 aliphatic rings. The van der Waals surface area contributed by atoms with Crippen molar-refractivity contribution in [2.24, 2.45) is 0 Å². The van der Waals surface area contributed by atoms with Crippen molar-refractivity contribution in [2.75, 3.05) is 7.11 Å². The van der Waals surface area contributed by atoms with Crippen LogP contribution in [0.5, 0.6) is 17.2 Å². The summed E-state index contributed by atoms with van der Waals surface area (Å²) in [5.41, 5.74) is 1.39. The zero-order valence-corrected chi connectivity index (χ0v) is 15.5. The third-order valence-corrected chi connectivity index (χ3v) is 4.37. The lowest BCUT2D eigenvalue weighted by molar-refractivity contribution is -0.159. The van der Waals surface area contributed by atoms with Crippen molar-refractivity contribution >= 4 is 5.97 Å². The number of hydrogen-bond donors (Lipinski definition) is 0. The predicted molar refractivity (Wildman–Crippen MR) is 99.2 cm³/mol. The van der Waals surface area contributed by atoms with Gasteiger partial charge in [-0.3, -0.25) is 0 Å². The van der Waals surface area contributed by atoms with E-state index in [0.717, 1.165) is 5.56 Å². The molecule has 2 unspecified atom stereocenters. The lowest BCUT2D eigenvalue weighted by atomic mass is 10.1. The van der Waals surface area contributed by atoms with Crippen LogP contribution < -0.4 is 14.2 Å². The summed E-state index contributed by atoms with van der Waals surface area (Å²) >= 11 is 0. The Morgan fingerprint density at radius 2 is 1.79 bits per heavy atom. The van der Waals surface area contributed by atoms with Crippen LogP contribution in [0.15, 0.2) is 59.1 Å². The van der Waals surface area contributed by atoms with E-state index in [-0.39, 0.29) is 6.61 Å². The highest BCUT2D eigenvalue weighted by Crippen LogP contribution is 2.34. The normalized spacial score (nSPS) is 17.8. The smallest absolute Gasteiger partial charge is 0.351 e. The average Bonchev–Trinajstić information content (AvgIpc) is 3.20. The molecule has 144 valence electrons. The van der Waals surface area contributed by atoms with Crippen LogP contribution in [0.1, 0.15) is 12.7 Å². The monoisotopic (exact) mass is 381 g/mol. The van der Waals surface area contributed by atoms with Crippen molar-refractivity contribution in [3.05, 3.63) is 60.4 Å². The summed E-state index contributed by atoms with van der Waals surface area (Å²) in [4.78, 5) is 12.5. The SMILES string of the molecule is COc1ccccc1-c1cc(COC(=O)C2Oc3ccccc3OC2C)on1. The molecule has 3 aromatic rings. The number of hydrogen-bond acceptors (Lipinski definition) is 7. The number of esters is 1. The van der Waals surface area contributed by atoms with E-state index in [0.29, 0.717) is 28.7 Å². The van der Waals surface area contributed by atoms with E-state index in [1.807, 2.05) is 36.4 Å². The van der Waals surface area contributed by atoms with Crippen molar-refractivity contribution in [3.63, 3.8) is 0 Å². The molecule has 1 aromatic heterocycles. The second-order valence-corrected chi connectivity index (χ2v) is 6.29. The molecule has 0 bridgehead atoms. The summed E-state index contributed by atoms with van der Waals surface area (Å²) in [6.45, 7) is 1.70. The van der Waals surface area contributed by atoms with E-state index >= 15 is 0 Å². The van der Waals surface area contributed by atoms with Gasteiger partial charge in [0.15, 0.2) is 23.9 Å². The van der Waals surface area contributed by atoms with Gasteiger partial charge in [0, 0.05) is 11.6 Å². The molecule has 0 saturated carbocycles. The summed E-state index contributed by atoms with van der Waals surface area (Å²) in [5, 5.41) is 4.03. The maximum Gasteiger partial charge on any atom is 0.351 e. The largest absolute Gasteiger partial charge is 0.496 e. The predicted octanol–water partition coefficient (Wildman–Crippen LogP) is 3.62. The van der Waals surface area contributed by atoms with Gasteiger partial charge in [-0.1, -0.05) is 29.4 Å². The van der Waals surface area contributed by atoms with E-state index in [9.17, 15) is 4.79 Å². The van der Waals surface area contributed by atoms with Crippen LogP contribution in [0, 0.1) is 0 Å². The summed E-state index contributed by atoms with van der Waals surface area (Å²) in [6, 6.07) is 16.4. The Labute approximate surface area is 161 Å². The maximum absolute atomic E-state index is 12.5. The molecule has 0 radical (unpaired) electrons. The Morgan fingerprint density at radius 3 is 2.57 bits per heavy atom. The zero-order chi connectivity index (χ0) is 19.5. The molecule has 7 nitrogen and oxygen atoms in total. The fraction of sp³-hybridized carbons (Fsp3) is 0.238. The first-order chi connectivity index (χ1) is 13.7. The number of ether oxygens (including phenoxy) is 4. The van der Waals surface area contributed by atoms with Gasteiger partial charge in [-0.05, 0) is 31.2 Å². The minimum absolute atomic E-state index is 0.0603. The standard InChI is InChI=1S/C21H19NO6/c1-13-20(27-19-10-6-5-9-18(19)26-13)21(23)25-12-14-11-16(22-28-14)15-7-3-4-8-17(15)24-2/h3-11,13,20H,12H2,1-2H3.